The van der Waals surface area contributed by atoms with Gasteiger partial charge in [-0.15, -0.1) is 10.2 Å². The first-order valence-corrected chi connectivity index (χ1v) is 6.35. The van der Waals surface area contributed by atoms with E-state index in [1.807, 2.05) is 18.5 Å². The number of aromatic nitrogens is 3. The molecule has 0 aliphatic heterocycles. The van der Waals surface area contributed by atoms with E-state index in [9.17, 15) is 0 Å². The fourth-order valence-electron chi connectivity index (χ4n) is 2.29. The topological polar surface area (TPSA) is 93.2 Å². The minimum Gasteiger partial charge on any atom is -0.346 e. The number of nitrogens with one attached hydrogen (secondary N) is 2. The third kappa shape index (κ3) is 2.98. The minimum atomic E-state index is 0.00806. The third-order valence-electron chi connectivity index (χ3n) is 3.26. The van der Waals surface area contributed by atoms with Gasteiger partial charge in [-0.1, -0.05) is 12.8 Å². The lowest BCUT2D eigenvalue weighted by Gasteiger charge is -2.17. The largest absolute Gasteiger partial charge is 0.346 e. The first-order valence-electron chi connectivity index (χ1n) is 6.35. The highest BCUT2D eigenvalue weighted by Gasteiger charge is 2.17. The Morgan fingerprint density at radius 1 is 1.56 bits per heavy atom. The SMILES string of the molecule is CC(NC(=NC1CCCC1)NN)c1nncn1C. The van der Waals surface area contributed by atoms with Gasteiger partial charge in [0.15, 0.2) is 5.82 Å². The maximum absolute atomic E-state index is 5.50. The molecule has 1 unspecified atom stereocenters. The van der Waals surface area contributed by atoms with Crippen molar-refractivity contribution in [3.05, 3.63) is 12.2 Å². The molecule has 7 nitrogen and oxygen atoms in total. The van der Waals surface area contributed by atoms with Crippen molar-refractivity contribution in [3.63, 3.8) is 0 Å². The molecule has 0 amide bonds. The monoisotopic (exact) mass is 251 g/mol. The molecular weight excluding hydrogens is 230 g/mol. The Hall–Kier alpha value is -1.63. The summed E-state index contributed by atoms with van der Waals surface area (Å²) in [6.45, 7) is 2.01. The molecule has 7 heteroatoms. The zero-order valence-corrected chi connectivity index (χ0v) is 10.9. The lowest BCUT2D eigenvalue weighted by molar-refractivity contribution is 0.602. The van der Waals surface area contributed by atoms with Crippen molar-refractivity contribution in [2.45, 2.75) is 44.7 Å². The van der Waals surface area contributed by atoms with Crippen molar-refractivity contribution < 1.29 is 0 Å². The van der Waals surface area contributed by atoms with Crippen LogP contribution in [-0.2, 0) is 7.05 Å². The van der Waals surface area contributed by atoms with Crippen LogP contribution in [0.4, 0.5) is 0 Å². The second kappa shape index (κ2) is 5.81. The van der Waals surface area contributed by atoms with E-state index in [4.69, 9.17) is 5.84 Å². The van der Waals surface area contributed by atoms with E-state index in [0.717, 1.165) is 18.7 Å². The van der Waals surface area contributed by atoms with Gasteiger partial charge in [0.05, 0.1) is 12.1 Å². The van der Waals surface area contributed by atoms with Gasteiger partial charge in [0.2, 0.25) is 5.96 Å². The van der Waals surface area contributed by atoms with Gasteiger partial charge in [-0.25, -0.2) is 10.8 Å². The molecule has 0 saturated heterocycles. The molecule has 100 valence electrons. The van der Waals surface area contributed by atoms with Gasteiger partial charge in [0, 0.05) is 7.05 Å². The van der Waals surface area contributed by atoms with Gasteiger partial charge in [-0.3, -0.25) is 5.43 Å². The van der Waals surface area contributed by atoms with Gasteiger partial charge in [-0.2, -0.15) is 0 Å². The summed E-state index contributed by atoms with van der Waals surface area (Å²) >= 11 is 0. The molecule has 1 atom stereocenters. The predicted octanol–water partition coefficient (Wildman–Crippen LogP) is 0.228. The van der Waals surface area contributed by atoms with Crippen molar-refractivity contribution in [3.8, 4) is 0 Å². The van der Waals surface area contributed by atoms with Crippen LogP contribution in [0, 0.1) is 0 Å². The number of aliphatic imine (C=N–C) groups is 1. The van der Waals surface area contributed by atoms with E-state index in [-0.39, 0.29) is 6.04 Å². The Balaban J connectivity index is 1.99. The van der Waals surface area contributed by atoms with Gasteiger partial charge < -0.3 is 9.88 Å². The Kier molecular flexibility index (Phi) is 4.14. The van der Waals surface area contributed by atoms with Crippen LogP contribution in [0.25, 0.3) is 0 Å². The quantitative estimate of drug-likeness (QED) is 0.309. The molecule has 1 aromatic heterocycles. The molecule has 1 fully saturated rings. The van der Waals surface area contributed by atoms with Gasteiger partial charge in [-0.05, 0) is 19.8 Å². The summed E-state index contributed by atoms with van der Waals surface area (Å²) in [6, 6.07) is 0.393. The van der Waals surface area contributed by atoms with E-state index >= 15 is 0 Å². The molecule has 1 aliphatic carbocycles. The minimum absolute atomic E-state index is 0.00806. The summed E-state index contributed by atoms with van der Waals surface area (Å²) < 4.78 is 1.88. The number of rotatable bonds is 3. The number of hydrogen-bond acceptors (Lipinski definition) is 4. The maximum Gasteiger partial charge on any atom is 0.206 e. The highest BCUT2D eigenvalue weighted by molar-refractivity contribution is 5.79. The van der Waals surface area contributed by atoms with E-state index in [2.05, 4.69) is 25.9 Å². The highest BCUT2D eigenvalue weighted by atomic mass is 15.4. The van der Waals surface area contributed by atoms with E-state index < -0.39 is 0 Å². The lowest BCUT2D eigenvalue weighted by Crippen LogP contribution is -2.43. The molecule has 1 saturated carbocycles. The van der Waals surface area contributed by atoms with Crippen LogP contribution in [0.2, 0.25) is 0 Å². The number of aryl methyl sites for hydroxylation is 1. The van der Waals surface area contributed by atoms with Crippen LogP contribution >= 0.6 is 0 Å². The average Bonchev–Trinajstić information content (AvgIpc) is 2.99. The Labute approximate surface area is 107 Å². The van der Waals surface area contributed by atoms with Crippen LogP contribution < -0.4 is 16.6 Å². The number of nitrogens with zero attached hydrogens (tertiary/aromatic N) is 4. The first-order chi connectivity index (χ1) is 8.70. The summed E-state index contributed by atoms with van der Waals surface area (Å²) in [5.74, 6) is 6.98. The van der Waals surface area contributed by atoms with Gasteiger partial charge in [0.1, 0.15) is 6.33 Å². The molecule has 18 heavy (non-hydrogen) atoms. The summed E-state index contributed by atoms with van der Waals surface area (Å²) in [4.78, 5) is 4.59. The fourth-order valence-corrected chi connectivity index (χ4v) is 2.29. The molecule has 0 spiro atoms. The first kappa shape index (κ1) is 12.8. The zero-order chi connectivity index (χ0) is 13.0. The summed E-state index contributed by atoms with van der Waals surface area (Å²) in [5, 5.41) is 11.1. The van der Waals surface area contributed by atoms with Crippen molar-refractivity contribution in [1.29, 1.82) is 0 Å². The number of nitrogens with two attached hydrogens (primary N) is 1. The van der Waals surface area contributed by atoms with Crippen LogP contribution in [0.1, 0.15) is 44.5 Å². The molecule has 2 rings (SSSR count). The van der Waals surface area contributed by atoms with Crippen LogP contribution in [0.5, 0.6) is 0 Å². The average molecular weight is 251 g/mol. The molecule has 0 radical (unpaired) electrons. The molecule has 1 heterocycles. The Bertz CT molecular complexity index is 405. The highest BCUT2D eigenvalue weighted by Crippen LogP contribution is 2.20. The zero-order valence-electron chi connectivity index (χ0n) is 10.9. The van der Waals surface area contributed by atoms with Crippen molar-refractivity contribution in [2.24, 2.45) is 17.9 Å². The summed E-state index contributed by atoms with van der Waals surface area (Å²) in [6.07, 6.45) is 6.48. The second-order valence-corrected chi connectivity index (χ2v) is 4.73. The predicted molar refractivity (Wildman–Crippen MR) is 69.6 cm³/mol. The van der Waals surface area contributed by atoms with Crippen molar-refractivity contribution >= 4 is 5.96 Å². The lowest BCUT2D eigenvalue weighted by atomic mass is 10.3. The van der Waals surface area contributed by atoms with E-state index in [1.165, 1.54) is 12.8 Å². The number of hydrogen-bond donors (Lipinski definition) is 3. The smallest absolute Gasteiger partial charge is 0.206 e. The maximum atomic E-state index is 5.50. The standard InChI is InChI=1S/C11H21N7/c1-8(10-17-13-7-18(10)2)14-11(16-12)15-9-5-3-4-6-9/h7-9H,3-6,12H2,1-2H3,(H2,14,15,16). The van der Waals surface area contributed by atoms with Gasteiger partial charge >= 0.3 is 0 Å². The van der Waals surface area contributed by atoms with E-state index in [0.29, 0.717) is 12.0 Å². The molecule has 0 aromatic carbocycles. The van der Waals surface area contributed by atoms with Crippen LogP contribution in [-0.4, -0.2) is 26.8 Å². The van der Waals surface area contributed by atoms with Crippen LogP contribution in [0.3, 0.4) is 0 Å². The number of guanidine groups is 1. The van der Waals surface area contributed by atoms with Crippen molar-refractivity contribution in [2.75, 3.05) is 0 Å². The Morgan fingerprint density at radius 3 is 2.83 bits per heavy atom. The molecule has 1 aliphatic rings. The summed E-state index contributed by atoms with van der Waals surface area (Å²) in [5.41, 5.74) is 2.62. The second-order valence-electron chi connectivity index (χ2n) is 4.73. The molecular formula is C11H21N7. The van der Waals surface area contributed by atoms with E-state index in [1.54, 1.807) is 6.33 Å². The Morgan fingerprint density at radius 2 is 2.28 bits per heavy atom. The molecule has 4 N–H and O–H groups in total. The normalized spacial score (nSPS) is 18.9. The summed E-state index contributed by atoms with van der Waals surface area (Å²) in [7, 11) is 1.91. The van der Waals surface area contributed by atoms with Gasteiger partial charge in [0.25, 0.3) is 0 Å². The van der Waals surface area contributed by atoms with Crippen molar-refractivity contribution in [1.82, 2.24) is 25.5 Å². The van der Waals surface area contributed by atoms with Crippen LogP contribution in [0.15, 0.2) is 11.3 Å². The molecule has 0 bridgehead atoms. The third-order valence-corrected chi connectivity index (χ3v) is 3.26. The number of hydrazine groups is 1. The fraction of sp³-hybridized carbons (Fsp3) is 0.727. The molecule has 1 aromatic rings.